The molecule has 8 heteroatoms. The average molecular weight is 437 g/mol. The van der Waals surface area contributed by atoms with Gasteiger partial charge in [0.2, 0.25) is 5.95 Å². The fourth-order valence-electron chi connectivity index (χ4n) is 3.66. The molecule has 0 unspecified atom stereocenters. The van der Waals surface area contributed by atoms with Crippen LogP contribution in [0.5, 0.6) is 0 Å². The van der Waals surface area contributed by atoms with Crippen LogP contribution in [0.4, 0.5) is 11.8 Å². The predicted octanol–water partition coefficient (Wildman–Crippen LogP) is 4.72. The number of hydrogen-bond acceptors (Lipinski definition) is 6. The third-order valence-corrected chi connectivity index (χ3v) is 5.71. The van der Waals surface area contributed by atoms with Gasteiger partial charge in [-0.2, -0.15) is 0 Å². The zero-order chi connectivity index (χ0) is 20.5. The standard InChI is InChI=1S/C22H18Cl2N6/c23-17-7-3-1-5-15(17)20-26-18-8-4-2-6-16(18)21(28-20)29-11-13-30(14-12-29)22-25-10-9-19(24)27-22/h1-10H,11-14H2. The number of halogens is 2. The van der Waals surface area contributed by atoms with Crippen molar-refractivity contribution in [2.24, 2.45) is 0 Å². The van der Waals surface area contributed by atoms with Crippen molar-refractivity contribution in [3.8, 4) is 11.4 Å². The Labute approximate surface area is 184 Å². The lowest BCUT2D eigenvalue weighted by Crippen LogP contribution is -2.47. The van der Waals surface area contributed by atoms with E-state index in [0.29, 0.717) is 21.9 Å². The lowest BCUT2D eigenvalue weighted by Gasteiger charge is -2.36. The molecular formula is C22H18Cl2N6. The van der Waals surface area contributed by atoms with Crippen molar-refractivity contribution in [3.05, 3.63) is 71.0 Å². The Kier molecular flexibility index (Phi) is 5.11. The third kappa shape index (κ3) is 3.64. The fraction of sp³-hybridized carbons (Fsp3) is 0.182. The molecule has 0 aliphatic carbocycles. The molecule has 0 N–H and O–H groups in total. The quantitative estimate of drug-likeness (QED) is 0.433. The molecule has 0 saturated carbocycles. The topological polar surface area (TPSA) is 58.0 Å². The second kappa shape index (κ2) is 8.05. The van der Waals surface area contributed by atoms with Gasteiger partial charge in [0.25, 0.3) is 0 Å². The van der Waals surface area contributed by atoms with Crippen LogP contribution in [-0.2, 0) is 0 Å². The molecule has 2 aromatic heterocycles. The van der Waals surface area contributed by atoms with Crippen LogP contribution in [0.25, 0.3) is 22.3 Å². The van der Waals surface area contributed by atoms with E-state index in [-0.39, 0.29) is 0 Å². The highest BCUT2D eigenvalue weighted by atomic mass is 35.5. The van der Waals surface area contributed by atoms with Gasteiger partial charge in [0.15, 0.2) is 5.82 Å². The van der Waals surface area contributed by atoms with E-state index < -0.39 is 0 Å². The summed E-state index contributed by atoms with van der Waals surface area (Å²) in [6.07, 6.45) is 1.69. The van der Waals surface area contributed by atoms with E-state index >= 15 is 0 Å². The molecule has 3 heterocycles. The maximum absolute atomic E-state index is 6.42. The Bertz CT molecular complexity index is 1210. The van der Waals surface area contributed by atoms with Crippen LogP contribution in [0, 0.1) is 0 Å². The van der Waals surface area contributed by atoms with Crippen LogP contribution in [0.15, 0.2) is 60.8 Å². The first-order valence-electron chi connectivity index (χ1n) is 9.69. The number of para-hydroxylation sites is 1. The zero-order valence-electron chi connectivity index (χ0n) is 16.0. The van der Waals surface area contributed by atoms with Crippen molar-refractivity contribution in [2.75, 3.05) is 36.0 Å². The van der Waals surface area contributed by atoms with Crippen molar-refractivity contribution in [3.63, 3.8) is 0 Å². The summed E-state index contributed by atoms with van der Waals surface area (Å²) in [7, 11) is 0. The average Bonchev–Trinajstić information content (AvgIpc) is 2.79. The number of nitrogens with zero attached hydrogens (tertiary/aromatic N) is 6. The summed E-state index contributed by atoms with van der Waals surface area (Å²) in [6.45, 7) is 3.14. The normalized spacial score (nSPS) is 14.3. The van der Waals surface area contributed by atoms with Crippen LogP contribution < -0.4 is 9.80 Å². The lowest BCUT2D eigenvalue weighted by atomic mass is 10.1. The van der Waals surface area contributed by atoms with Crippen molar-refractivity contribution >= 4 is 45.9 Å². The zero-order valence-corrected chi connectivity index (χ0v) is 17.6. The first kappa shape index (κ1) is 19.0. The number of piperazine rings is 1. The van der Waals surface area contributed by atoms with E-state index in [4.69, 9.17) is 33.2 Å². The SMILES string of the molecule is Clc1ccnc(N2CCN(c3nc(-c4ccccc4Cl)nc4ccccc34)CC2)n1. The number of anilines is 2. The van der Waals surface area contributed by atoms with Crippen LogP contribution >= 0.6 is 23.2 Å². The first-order valence-corrected chi connectivity index (χ1v) is 10.4. The number of benzene rings is 2. The van der Waals surface area contributed by atoms with E-state index in [1.54, 1.807) is 12.3 Å². The molecule has 0 bridgehead atoms. The minimum atomic E-state index is 0.452. The van der Waals surface area contributed by atoms with E-state index in [0.717, 1.165) is 48.5 Å². The van der Waals surface area contributed by atoms with E-state index in [1.807, 2.05) is 42.5 Å². The van der Waals surface area contributed by atoms with Crippen LogP contribution in [0.2, 0.25) is 10.2 Å². The molecule has 150 valence electrons. The second-order valence-corrected chi connectivity index (χ2v) is 7.82. The van der Waals surface area contributed by atoms with E-state index in [9.17, 15) is 0 Å². The Morgan fingerprint density at radius 1 is 0.733 bits per heavy atom. The van der Waals surface area contributed by atoms with E-state index in [1.165, 1.54) is 0 Å². The summed E-state index contributed by atoms with van der Waals surface area (Å²) in [5.74, 6) is 2.21. The maximum atomic E-state index is 6.42. The molecule has 1 aliphatic heterocycles. The summed E-state index contributed by atoms with van der Waals surface area (Å²) in [5.41, 5.74) is 1.73. The van der Waals surface area contributed by atoms with Crippen LogP contribution in [-0.4, -0.2) is 46.1 Å². The van der Waals surface area contributed by atoms with Gasteiger partial charge >= 0.3 is 0 Å². The molecule has 6 nitrogen and oxygen atoms in total. The summed E-state index contributed by atoms with van der Waals surface area (Å²) in [5, 5.41) is 2.12. The van der Waals surface area contributed by atoms with Crippen molar-refractivity contribution in [1.82, 2.24) is 19.9 Å². The van der Waals surface area contributed by atoms with Gasteiger partial charge in [0, 0.05) is 43.3 Å². The number of rotatable bonds is 3. The molecule has 0 radical (unpaired) electrons. The molecule has 1 fully saturated rings. The minimum absolute atomic E-state index is 0.452. The molecule has 0 spiro atoms. The third-order valence-electron chi connectivity index (χ3n) is 5.17. The van der Waals surface area contributed by atoms with Gasteiger partial charge in [-0.1, -0.05) is 47.5 Å². The van der Waals surface area contributed by atoms with Crippen molar-refractivity contribution in [1.29, 1.82) is 0 Å². The molecular weight excluding hydrogens is 419 g/mol. The highest BCUT2D eigenvalue weighted by molar-refractivity contribution is 6.33. The molecule has 5 rings (SSSR count). The Hall–Kier alpha value is -2.96. The van der Waals surface area contributed by atoms with Gasteiger partial charge in [0.1, 0.15) is 11.0 Å². The number of fused-ring (bicyclic) bond motifs is 1. The smallest absolute Gasteiger partial charge is 0.226 e. The lowest BCUT2D eigenvalue weighted by molar-refractivity contribution is 0.636. The van der Waals surface area contributed by atoms with Crippen LogP contribution in [0.1, 0.15) is 0 Å². The minimum Gasteiger partial charge on any atom is -0.352 e. The molecule has 1 saturated heterocycles. The monoisotopic (exact) mass is 436 g/mol. The Morgan fingerprint density at radius 3 is 2.27 bits per heavy atom. The van der Waals surface area contributed by atoms with Crippen molar-refractivity contribution in [2.45, 2.75) is 0 Å². The van der Waals surface area contributed by atoms with Gasteiger partial charge in [-0.25, -0.2) is 19.9 Å². The highest BCUT2D eigenvalue weighted by Gasteiger charge is 2.23. The molecule has 30 heavy (non-hydrogen) atoms. The number of aromatic nitrogens is 4. The second-order valence-electron chi connectivity index (χ2n) is 7.02. The molecule has 0 atom stereocenters. The summed E-state index contributed by atoms with van der Waals surface area (Å²) in [6, 6.07) is 17.4. The Balaban J connectivity index is 1.49. The first-order chi connectivity index (χ1) is 14.7. The largest absolute Gasteiger partial charge is 0.352 e. The summed E-state index contributed by atoms with van der Waals surface area (Å²) >= 11 is 12.4. The highest BCUT2D eigenvalue weighted by Crippen LogP contribution is 2.31. The van der Waals surface area contributed by atoms with Gasteiger partial charge in [0.05, 0.1) is 10.5 Å². The van der Waals surface area contributed by atoms with Crippen LogP contribution in [0.3, 0.4) is 0 Å². The van der Waals surface area contributed by atoms with Gasteiger partial charge in [-0.05, 0) is 30.3 Å². The van der Waals surface area contributed by atoms with Gasteiger partial charge in [-0.3, -0.25) is 0 Å². The fourth-order valence-corrected chi connectivity index (χ4v) is 4.01. The van der Waals surface area contributed by atoms with Gasteiger partial charge in [-0.15, -0.1) is 0 Å². The number of hydrogen-bond donors (Lipinski definition) is 0. The summed E-state index contributed by atoms with van der Waals surface area (Å²) in [4.78, 5) is 22.8. The maximum Gasteiger partial charge on any atom is 0.226 e. The van der Waals surface area contributed by atoms with Gasteiger partial charge < -0.3 is 9.80 Å². The molecule has 2 aromatic carbocycles. The Morgan fingerprint density at radius 2 is 1.47 bits per heavy atom. The molecule has 4 aromatic rings. The molecule has 1 aliphatic rings. The summed E-state index contributed by atoms with van der Waals surface area (Å²) < 4.78 is 0. The predicted molar refractivity (Wildman–Crippen MR) is 121 cm³/mol. The van der Waals surface area contributed by atoms with E-state index in [2.05, 4.69) is 25.8 Å². The van der Waals surface area contributed by atoms with Crippen molar-refractivity contribution < 1.29 is 0 Å². The molecule has 0 amide bonds.